The Morgan fingerprint density at radius 3 is 2.34 bits per heavy atom. The van der Waals surface area contributed by atoms with Gasteiger partial charge in [-0.3, -0.25) is 4.90 Å². The molecule has 3 aromatic rings. The molecule has 1 fully saturated rings. The molecule has 0 unspecified atom stereocenters. The third-order valence-electron chi connectivity index (χ3n) is 5.74. The number of nitrogens with zero attached hydrogens (tertiary/aromatic N) is 2. The minimum Gasteiger partial charge on any atom is -0.497 e. The maximum atomic E-state index is 13.5. The summed E-state index contributed by atoms with van der Waals surface area (Å²) in [4.78, 5) is 17.2. The zero-order valence-corrected chi connectivity index (χ0v) is 18.4. The molecule has 0 spiro atoms. The number of carbonyl (C=O) groups is 1. The molecule has 2 amide bonds. The van der Waals surface area contributed by atoms with Gasteiger partial charge in [-0.1, -0.05) is 24.3 Å². The average Bonchev–Trinajstić information content (AvgIpc) is 3.13. The van der Waals surface area contributed by atoms with Gasteiger partial charge in [0.15, 0.2) is 0 Å². The van der Waals surface area contributed by atoms with Crippen molar-refractivity contribution in [1.29, 1.82) is 0 Å². The van der Waals surface area contributed by atoms with Gasteiger partial charge in [0.1, 0.15) is 5.75 Å². The Morgan fingerprint density at radius 1 is 1.00 bits per heavy atom. The van der Waals surface area contributed by atoms with E-state index >= 15 is 0 Å². The summed E-state index contributed by atoms with van der Waals surface area (Å²) in [5.41, 5.74) is 16.8. The van der Waals surface area contributed by atoms with E-state index in [4.69, 9.17) is 16.2 Å². The molecular weight excluding hydrogens is 402 g/mol. The predicted octanol–water partition coefficient (Wildman–Crippen LogP) is 4.47. The van der Waals surface area contributed by atoms with Crippen LogP contribution >= 0.6 is 0 Å². The third-order valence-corrected chi connectivity index (χ3v) is 5.74. The number of benzene rings is 3. The van der Waals surface area contributed by atoms with Crippen LogP contribution in [0.3, 0.4) is 0 Å². The van der Waals surface area contributed by atoms with Crippen LogP contribution in [-0.4, -0.2) is 31.1 Å². The van der Waals surface area contributed by atoms with Crippen molar-refractivity contribution in [2.75, 3.05) is 41.9 Å². The maximum absolute atomic E-state index is 13.5. The summed E-state index contributed by atoms with van der Waals surface area (Å²) >= 11 is 0. The summed E-state index contributed by atoms with van der Waals surface area (Å²) in [5.74, 6) is 0.791. The second-order valence-electron chi connectivity index (χ2n) is 7.86. The molecule has 1 saturated heterocycles. The van der Waals surface area contributed by atoms with Gasteiger partial charge in [0.05, 0.1) is 24.5 Å². The fourth-order valence-corrected chi connectivity index (χ4v) is 4.02. The molecule has 166 valence electrons. The summed E-state index contributed by atoms with van der Waals surface area (Å²) in [6.07, 6.45) is 0. The number of hydrogen-bond donors (Lipinski definition) is 3. The minimum atomic E-state index is -0.139. The highest BCUT2D eigenvalue weighted by Crippen LogP contribution is 2.37. The molecule has 0 saturated carbocycles. The lowest BCUT2D eigenvalue weighted by molar-refractivity contribution is 0.218. The molecule has 0 aromatic heterocycles. The van der Waals surface area contributed by atoms with Crippen molar-refractivity contribution < 1.29 is 9.53 Å². The van der Waals surface area contributed by atoms with Gasteiger partial charge in [-0.05, 0) is 60.5 Å². The Morgan fingerprint density at radius 2 is 1.72 bits per heavy atom. The van der Waals surface area contributed by atoms with Crippen LogP contribution in [0.4, 0.5) is 27.5 Å². The average molecular weight is 432 g/mol. The van der Waals surface area contributed by atoms with E-state index in [0.29, 0.717) is 24.5 Å². The van der Waals surface area contributed by atoms with Crippen molar-refractivity contribution in [1.82, 2.24) is 4.90 Å². The molecule has 7 heteroatoms. The summed E-state index contributed by atoms with van der Waals surface area (Å²) in [5, 5.41) is 3.31. The number of nitrogens with two attached hydrogens (primary N) is 2. The predicted molar refractivity (Wildman–Crippen MR) is 130 cm³/mol. The topological polar surface area (TPSA) is 96.8 Å². The number of ether oxygens (including phenoxy) is 1. The van der Waals surface area contributed by atoms with Crippen LogP contribution < -0.4 is 26.4 Å². The van der Waals surface area contributed by atoms with Gasteiger partial charge in [-0.15, -0.1) is 0 Å². The van der Waals surface area contributed by atoms with Crippen LogP contribution in [0.2, 0.25) is 0 Å². The highest BCUT2D eigenvalue weighted by Gasteiger charge is 2.39. The summed E-state index contributed by atoms with van der Waals surface area (Å²) in [6, 6.07) is 21.2. The lowest BCUT2D eigenvalue weighted by Crippen LogP contribution is -2.32. The SMILES string of the molecule is CCNc1ccc([C@H]2CN(Cc3ccc(OC)cc3)C(=O)N2c2ccc(N)c(N)c2)cc1. The molecule has 7 nitrogen and oxygen atoms in total. The Hall–Kier alpha value is -3.87. The fraction of sp³-hybridized carbons (Fsp3) is 0.240. The van der Waals surface area contributed by atoms with Crippen LogP contribution in [-0.2, 0) is 6.54 Å². The van der Waals surface area contributed by atoms with Crippen LogP contribution in [0.25, 0.3) is 0 Å². The molecule has 0 radical (unpaired) electrons. The van der Waals surface area contributed by atoms with Gasteiger partial charge in [-0.2, -0.15) is 0 Å². The second kappa shape index (κ2) is 9.09. The molecular formula is C25H29N5O2. The Labute approximate surface area is 188 Å². The van der Waals surface area contributed by atoms with Crippen LogP contribution in [0, 0.1) is 0 Å². The van der Waals surface area contributed by atoms with Crippen molar-refractivity contribution >= 4 is 28.8 Å². The molecule has 0 bridgehead atoms. The largest absolute Gasteiger partial charge is 0.497 e. The number of anilines is 4. The maximum Gasteiger partial charge on any atom is 0.325 e. The van der Waals surface area contributed by atoms with E-state index in [0.717, 1.165) is 34.8 Å². The molecule has 5 N–H and O–H groups in total. The summed E-state index contributed by atoms with van der Waals surface area (Å²) in [7, 11) is 1.64. The van der Waals surface area contributed by atoms with Crippen LogP contribution in [0.15, 0.2) is 66.7 Å². The molecule has 32 heavy (non-hydrogen) atoms. The van der Waals surface area contributed by atoms with Gasteiger partial charge >= 0.3 is 6.03 Å². The third kappa shape index (κ3) is 4.27. The van der Waals surface area contributed by atoms with Crippen molar-refractivity contribution in [3.8, 4) is 5.75 Å². The zero-order valence-electron chi connectivity index (χ0n) is 18.4. The number of methoxy groups -OCH3 is 1. The summed E-state index contributed by atoms with van der Waals surface area (Å²) < 4.78 is 5.24. The van der Waals surface area contributed by atoms with Gasteiger partial charge in [0.25, 0.3) is 0 Å². The van der Waals surface area contributed by atoms with Gasteiger partial charge < -0.3 is 26.4 Å². The molecule has 1 atom stereocenters. The second-order valence-corrected chi connectivity index (χ2v) is 7.86. The van der Waals surface area contributed by atoms with Crippen molar-refractivity contribution in [2.45, 2.75) is 19.5 Å². The molecule has 4 rings (SSSR count). The quantitative estimate of drug-likeness (QED) is 0.480. The first kappa shape index (κ1) is 21.4. The summed E-state index contributed by atoms with van der Waals surface area (Å²) in [6.45, 7) is 3.99. The van der Waals surface area contributed by atoms with E-state index in [-0.39, 0.29) is 12.1 Å². The number of urea groups is 1. The number of hydrogen-bond acceptors (Lipinski definition) is 5. The number of nitrogen functional groups attached to an aromatic ring is 2. The first-order valence-electron chi connectivity index (χ1n) is 10.7. The number of rotatable bonds is 7. The number of nitrogens with one attached hydrogen (secondary N) is 1. The minimum absolute atomic E-state index is 0.0641. The highest BCUT2D eigenvalue weighted by atomic mass is 16.5. The molecule has 1 aliphatic rings. The lowest BCUT2D eigenvalue weighted by atomic mass is 10.0. The van der Waals surface area contributed by atoms with Gasteiger partial charge in [0.2, 0.25) is 0 Å². The van der Waals surface area contributed by atoms with Crippen LogP contribution in [0.5, 0.6) is 5.75 Å². The fourth-order valence-electron chi connectivity index (χ4n) is 4.02. The van der Waals surface area contributed by atoms with Crippen molar-refractivity contribution in [3.05, 3.63) is 77.9 Å². The molecule has 1 heterocycles. The monoisotopic (exact) mass is 431 g/mol. The van der Waals surface area contributed by atoms with E-state index in [1.165, 1.54) is 0 Å². The first-order chi connectivity index (χ1) is 15.5. The van der Waals surface area contributed by atoms with Crippen LogP contribution in [0.1, 0.15) is 24.1 Å². The van der Waals surface area contributed by atoms with E-state index in [1.807, 2.05) is 52.3 Å². The Balaban J connectivity index is 1.65. The molecule has 3 aromatic carbocycles. The Bertz CT molecular complexity index is 1080. The van der Waals surface area contributed by atoms with E-state index in [1.54, 1.807) is 19.2 Å². The number of carbonyl (C=O) groups excluding carboxylic acids is 1. The van der Waals surface area contributed by atoms with Gasteiger partial charge in [0, 0.05) is 31.0 Å². The smallest absolute Gasteiger partial charge is 0.325 e. The molecule has 1 aliphatic heterocycles. The van der Waals surface area contributed by atoms with Crippen molar-refractivity contribution in [2.24, 2.45) is 0 Å². The highest BCUT2D eigenvalue weighted by molar-refractivity contribution is 5.96. The Kier molecular flexibility index (Phi) is 6.07. The number of amides is 2. The van der Waals surface area contributed by atoms with E-state index in [2.05, 4.69) is 24.4 Å². The lowest BCUT2D eigenvalue weighted by Gasteiger charge is -2.24. The zero-order chi connectivity index (χ0) is 22.7. The standard InChI is InChI=1S/C25H29N5O2/c1-3-28-19-8-6-18(7-9-19)24-16-29(15-17-4-11-21(32-2)12-5-17)25(31)30(24)20-10-13-22(26)23(27)14-20/h4-14,24,28H,3,15-16,26-27H2,1-2H3/t24-/m1/s1. The first-order valence-corrected chi connectivity index (χ1v) is 10.7. The van der Waals surface area contributed by atoms with E-state index in [9.17, 15) is 4.79 Å². The normalized spacial score (nSPS) is 15.8. The van der Waals surface area contributed by atoms with E-state index < -0.39 is 0 Å². The van der Waals surface area contributed by atoms with Gasteiger partial charge in [-0.25, -0.2) is 4.79 Å². The molecule has 0 aliphatic carbocycles. The van der Waals surface area contributed by atoms with Crippen molar-refractivity contribution in [3.63, 3.8) is 0 Å².